The molecule has 0 radical (unpaired) electrons. The van der Waals surface area contributed by atoms with Crippen LogP contribution in [0.4, 0.5) is 13.2 Å². The van der Waals surface area contributed by atoms with Gasteiger partial charge >= 0.3 is 6.18 Å². The van der Waals surface area contributed by atoms with Gasteiger partial charge in [0, 0.05) is 18.5 Å². The van der Waals surface area contributed by atoms with Crippen molar-refractivity contribution in [2.45, 2.75) is 43.2 Å². The summed E-state index contributed by atoms with van der Waals surface area (Å²) >= 11 is 1.16. The lowest BCUT2D eigenvalue weighted by molar-refractivity contribution is -0.138. The Morgan fingerprint density at radius 3 is 2.52 bits per heavy atom. The summed E-state index contributed by atoms with van der Waals surface area (Å²) in [4.78, 5) is 25.6. The Bertz CT molecular complexity index is 646. The number of alkyl halides is 3. The third-order valence-electron chi connectivity index (χ3n) is 4.55. The van der Waals surface area contributed by atoms with Crippen molar-refractivity contribution in [3.63, 3.8) is 0 Å². The fraction of sp³-hybridized carbons (Fsp3) is 0.579. The zero-order valence-corrected chi connectivity index (χ0v) is 16.2. The SMILES string of the molecule is CN(CC(F)(F)F)C(=O)c1ccccc1SCC(=O)NCC1CCCCC1. The topological polar surface area (TPSA) is 49.4 Å². The lowest BCUT2D eigenvalue weighted by atomic mass is 9.89. The predicted molar refractivity (Wildman–Crippen MR) is 99.8 cm³/mol. The van der Waals surface area contributed by atoms with Crippen molar-refractivity contribution in [3.8, 4) is 0 Å². The van der Waals surface area contributed by atoms with E-state index in [-0.39, 0.29) is 17.2 Å². The van der Waals surface area contributed by atoms with Gasteiger partial charge in [0.1, 0.15) is 6.54 Å². The Morgan fingerprint density at radius 2 is 1.85 bits per heavy atom. The fourth-order valence-electron chi connectivity index (χ4n) is 3.16. The first-order valence-corrected chi connectivity index (χ1v) is 10.1. The average molecular weight is 402 g/mol. The quantitative estimate of drug-likeness (QED) is 0.699. The molecule has 1 saturated carbocycles. The first-order valence-electron chi connectivity index (χ1n) is 9.07. The van der Waals surface area contributed by atoms with Crippen molar-refractivity contribution in [1.82, 2.24) is 10.2 Å². The molecule has 0 atom stereocenters. The summed E-state index contributed by atoms with van der Waals surface area (Å²) in [7, 11) is 1.12. The van der Waals surface area contributed by atoms with Crippen molar-refractivity contribution >= 4 is 23.6 Å². The van der Waals surface area contributed by atoms with Gasteiger partial charge in [-0.2, -0.15) is 13.2 Å². The summed E-state index contributed by atoms with van der Waals surface area (Å²) in [5.41, 5.74) is 0.175. The molecule has 1 aliphatic carbocycles. The van der Waals surface area contributed by atoms with Gasteiger partial charge in [0.25, 0.3) is 5.91 Å². The maximum absolute atomic E-state index is 12.5. The Labute approximate surface area is 161 Å². The molecule has 1 aromatic rings. The second-order valence-corrected chi connectivity index (χ2v) is 7.89. The monoisotopic (exact) mass is 402 g/mol. The van der Waals surface area contributed by atoms with Crippen molar-refractivity contribution in [2.24, 2.45) is 5.92 Å². The first kappa shape index (κ1) is 21.6. The van der Waals surface area contributed by atoms with Gasteiger partial charge in [-0.05, 0) is 30.9 Å². The van der Waals surface area contributed by atoms with E-state index >= 15 is 0 Å². The van der Waals surface area contributed by atoms with Gasteiger partial charge in [0.15, 0.2) is 0 Å². The van der Waals surface area contributed by atoms with Crippen LogP contribution < -0.4 is 5.32 Å². The molecule has 0 saturated heterocycles. The second kappa shape index (κ2) is 10.0. The minimum Gasteiger partial charge on any atom is -0.355 e. The normalized spacial score (nSPS) is 15.4. The number of nitrogens with one attached hydrogen (secondary N) is 1. The summed E-state index contributed by atoms with van der Waals surface area (Å²) in [5.74, 6) is -0.188. The largest absolute Gasteiger partial charge is 0.406 e. The number of nitrogens with zero attached hydrogens (tertiary/aromatic N) is 1. The molecule has 0 spiro atoms. The Morgan fingerprint density at radius 1 is 1.19 bits per heavy atom. The van der Waals surface area contributed by atoms with Crippen LogP contribution in [0.3, 0.4) is 0 Å². The van der Waals surface area contributed by atoms with E-state index in [4.69, 9.17) is 0 Å². The van der Waals surface area contributed by atoms with Crippen molar-refractivity contribution in [1.29, 1.82) is 0 Å². The molecule has 0 aliphatic heterocycles. The Kier molecular flexibility index (Phi) is 8.01. The van der Waals surface area contributed by atoms with Crippen LogP contribution in [-0.4, -0.2) is 48.8 Å². The lowest BCUT2D eigenvalue weighted by Crippen LogP contribution is -2.36. The zero-order valence-electron chi connectivity index (χ0n) is 15.3. The molecule has 150 valence electrons. The number of halogens is 3. The van der Waals surface area contributed by atoms with E-state index in [1.807, 2.05) is 0 Å². The molecule has 2 amide bonds. The molecule has 0 bridgehead atoms. The molecule has 8 heteroatoms. The molecule has 0 heterocycles. The Hall–Kier alpha value is -1.70. The second-order valence-electron chi connectivity index (χ2n) is 6.87. The van der Waals surface area contributed by atoms with Crippen LogP contribution in [0.1, 0.15) is 42.5 Å². The number of hydrogen-bond acceptors (Lipinski definition) is 3. The third kappa shape index (κ3) is 7.44. The van der Waals surface area contributed by atoms with Gasteiger partial charge in [0.2, 0.25) is 5.91 Å². The zero-order chi connectivity index (χ0) is 19.9. The lowest BCUT2D eigenvalue weighted by Gasteiger charge is -2.22. The van der Waals surface area contributed by atoms with Gasteiger partial charge in [0.05, 0.1) is 11.3 Å². The summed E-state index contributed by atoms with van der Waals surface area (Å²) in [6.07, 6.45) is 1.48. The molecule has 27 heavy (non-hydrogen) atoms. The number of benzene rings is 1. The van der Waals surface area contributed by atoms with E-state index in [2.05, 4.69) is 5.32 Å². The summed E-state index contributed by atoms with van der Waals surface area (Å²) in [6, 6.07) is 6.43. The van der Waals surface area contributed by atoms with Crippen LogP contribution in [0, 0.1) is 5.92 Å². The van der Waals surface area contributed by atoms with Gasteiger partial charge in [-0.3, -0.25) is 9.59 Å². The Balaban J connectivity index is 1.89. The highest BCUT2D eigenvalue weighted by Gasteiger charge is 2.32. The van der Waals surface area contributed by atoms with Gasteiger partial charge in [-0.15, -0.1) is 11.8 Å². The van der Waals surface area contributed by atoms with E-state index < -0.39 is 18.6 Å². The predicted octanol–water partition coefficient (Wildman–Crippen LogP) is 4.11. The molecule has 4 nitrogen and oxygen atoms in total. The molecule has 2 rings (SSSR count). The number of rotatable bonds is 7. The maximum atomic E-state index is 12.5. The number of thioether (sulfide) groups is 1. The highest BCUT2D eigenvalue weighted by atomic mass is 32.2. The van der Waals surface area contributed by atoms with Gasteiger partial charge < -0.3 is 10.2 Å². The standard InChI is InChI=1S/C19H25F3N2O2S/c1-24(13-19(20,21)22)18(26)15-9-5-6-10-16(15)27-12-17(25)23-11-14-7-3-2-4-8-14/h5-6,9-10,14H,2-4,7-8,11-13H2,1H3,(H,23,25). The molecule has 0 aromatic heterocycles. The number of amides is 2. The first-order chi connectivity index (χ1) is 12.8. The molecular formula is C19H25F3N2O2S. The molecule has 1 fully saturated rings. The molecule has 0 unspecified atom stereocenters. The van der Waals surface area contributed by atoms with Crippen LogP contribution in [0.2, 0.25) is 0 Å². The minimum absolute atomic E-state index is 0.125. The highest BCUT2D eigenvalue weighted by Crippen LogP contribution is 2.25. The van der Waals surface area contributed by atoms with Crippen LogP contribution in [0.25, 0.3) is 0 Å². The molecule has 1 aliphatic rings. The van der Waals surface area contributed by atoms with E-state index in [1.54, 1.807) is 18.2 Å². The highest BCUT2D eigenvalue weighted by molar-refractivity contribution is 8.00. The summed E-state index contributed by atoms with van der Waals surface area (Å²) in [5, 5.41) is 2.92. The van der Waals surface area contributed by atoms with Gasteiger partial charge in [-0.1, -0.05) is 31.4 Å². The number of carbonyl (C=O) groups excluding carboxylic acids is 2. The minimum atomic E-state index is -4.45. The van der Waals surface area contributed by atoms with Crippen molar-refractivity contribution in [3.05, 3.63) is 29.8 Å². The molecule has 1 N–H and O–H groups in total. The summed E-state index contributed by atoms with van der Waals surface area (Å²) < 4.78 is 37.6. The van der Waals surface area contributed by atoms with E-state index in [1.165, 1.54) is 25.3 Å². The third-order valence-corrected chi connectivity index (χ3v) is 5.63. The fourth-order valence-corrected chi connectivity index (χ4v) is 4.03. The van der Waals surface area contributed by atoms with E-state index in [9.17, 15) is 22.8 Å². The molecule has 1 aromatic carbocycles. The van der Waals surface area contributed by atoms with Crippen molar-refractivity contribution in [2.75, 3.05) is 25.9 Å². The number of hydrogen-bond donors (Lipinski definition) is 1. The van der Waals surface area contributed by atoms with E-state index in [0.717, 1.165) is 31.7 Å². The smallest absolute Gasteiger partial charge is 0.355 e. The molecular weight excluding hydrogens is 377 g/mol. The van der Waals surface area contributed by atoms with Crippen LogP contribution in [0.5, 0.6) is 0 Å². The number of carbonyl (C=O) groups is 2. The van der Waals surface area contributed by atoms with Crippen LogP contribution in [-0.2, 0) is 4.79 Å². The van der Waals surface area contributed by atoms with Gasteiger partial charge in [-0.25, -0.2) is 0 Å². The summed E-state index contributed by atoms with van der Waals surface area (Å²) in [6.45, 7) is -0.652. The van der Waals surface area contributed by atoms with E-state index in [0.29, 0.717) is 22.3 Å². The average Bonchev–Trinajstić information content (AvgIpc) is 2.64. The maximum Gasteiger partial charge on any atom is 0.406 e. The van der Waals surface area contributed by atoms with Crippen LogP contribution in [0.15, 0.2) is 29.2 Å². The van der Waals surface area contributed by atoms with Crippen LogP contribution >= 0.6 is 11.8 Å². The van der Waals surface area contributed by atoms with Crippen molar-refractivity contribution < 1.29 is 22.8 Å².